The highest BCUT2D eigenvalue weighted by atomic mass is 32.1. The van der Waals surface area contributed by atoms with Crippen molar-refractivity contribution in [3.8, 4) is 12.3 Å². The molecule has 0 aliphatic heterocycles. The minimum Gasteiger partial charge on any atom is -0.383 e. The van der Waals surface area contributed by atoms with Gasteiger partial charge in [-0.15, -0.1) is 6.42 Å². The van der Waals surface area contributed by atoms with Gasteiger partial charge in [-0.2, -0.15) is 0 Å². The van der Waals surface area contributed by atoms with Gasteiger partial charge in [0.05, 0.1) is 12.2 Å². The largest absolute Gasteiger partial charge is 0.383 e. The number of benzene rings is 1. The summed E-state index contributed by atoms with van der Waals surface area (Å²) in [7, 11) is 1.99. The Hall–Kier alpha value is -2.22. The highest BCUT2D eigenvalue weighted by Crippen LogP contribution is 2.17. The summed E-state index contributed by atoms with van der Waals surface area (Å²) in [5.74, 6) is 3.09. The topological polar surface area (TPSA) is 41.6 Å². The Kier molecular flexibility index (Phi) is 5.65. The van der Waals surface area contributed by atoms with Crippen LogP contribution < -0.4 is 5.73 Å². The zero-order valence-corrected chi connectivity index (χ0v) is 13.4. The average molecular weight is 309 g/mol. The molecule has 1 aliphatic rings. The van der Waals surface area contributed by atoms with E-state index in [4.69, 9.17) is 24.4 Å². The molecule has 0 radical (unpaired) electrons. The summed E-state index contributed by atoms with van der Waals surface area (Å²) < 4.78 is 0. The smallest absolute Gasteiger partial charge is 0.132 e. The first-order valence-electron chi connectivity index (χ1n) is 7.05. The van der Waals surface area contributed by atoms with Crippen LogP contribution in [0.3, 0.4) is 0 Å². The second-order valence-corrected chi connectivity index (χ2v) is 5.67. The molecule has 0 aromatic heterocycles. The fourth-order valence-corrected chi connectivity index (χ4v) is 2.44. The Bertz CT molecular complexity index is 675. The number of terminal acetylenes is 1. The quantitative estimate of drug-likeness (QED) is 0.393. The van der Waals surface area contributed by atoms with Gasteiger partial charge in [-0.3, -0.25) is 4.90 Å². The van der Waals surface area contributed by atoms with Crippen LogP contribution in [0.5, 0.6) is 0 Å². The maximum atomic E-state index is 6.06. The first-order chi connectivity index (χ1) is 10.6. The lowest BCUT2D eigenvalue weighted by Crippen LogP contribution is -2.20. The lowest BCUT2D eigenvalue weighted by atomic mass is 10.0. The first-order valence-corrected chi connectivity index (χ1v) is 7.46. The van der Waals surface area contributed by atoms with Crippen LogP contribution in [-0.2, 0) is 6.54 Å². The fourth-order valence-electron chi connectivity index (χ4n) is 2.17. The molecule has 0 bridgehead atoms. The van der Waals surface area contributed by atoms with Crippen molar-refractivity contribution < 1.29 is 0 Å². The summed E-state index contributed by atoms with van der Waals surface area (Å²) in [6, 6.07) is 7.97. The van der Waals surface area contributed by atoms with Gasteiger partial charge in [0.1, 0.15) is 5.84 Å². The predicted octanol–water partition coefficient (Wildman–Crippen LogP) is 3.00. The van der Waals surface area contributed by atoms with Crippen molar-refractivity contribution in [3.05, 3.63) is 53.6 Å². The van der Waals surface area contributed by atoms with Gasteiger partial charge < -0.3 is 5.73 Å². The molecule has 112 valence electrons. The van der Waals surface area contributed by atoms with Crippen LogP contribution in [0.15, 0.2) is 53.1 Å². The zero-order chi connectivity index (χ0) is 15.9. The minimum absolute atomic E-state index is 0.464. The summed E-state index contributed by atoms with van der Waals surface area (Å²) in [5.41, 5.74) is 8.91. The van der Waals surface area contributed by atoms with Gasteiger partial charge in [0.2, 0.25) is 0 Å². The van der Waals surface area contributed by atoms with E-state index in [1.165, 1.54) is 5.56 Å². The van der Waals surface area contributed by atoms with E-state index in [1.54, 1.807) is 0 Å². The standard InChI is InChI=1S/C18H19N3S/c1-3-12-21(2)13-14-8-10-15(11-9-14)20-18(19)16-6-4-5-7-17(16)22/h1,4-6,8-11H,7,12-13H2,2H3,(H2,19,20). The first kappa shape index (κ1) is 16.2. The van der Waals surface area contributed by atoms with E-state index in [0.29, 0.717) is 12.4 Å². The Morgan fingerprint density at radius 1 is 1.41 bits per heavy atom. The number of hydrogen-bond donors (Lipinski definition) is 1. The molecule has 0 spiro atoms. The molecule has 0 saturated carbocycles. The summed E-state index contributed by atoms with van der Waals surface area (Å²) in [4.78, 5) is 7.35. The summed E-state index contributed by atoms with van der Waals surface area (Å²) >= 11 is 5.31. The van der Waals surface area contributed by atoms with Gasteiger partial charge in [0.25, 0.3) is 0 Å². The molecule has 0 fully saturated rings. The van der Waals surface area contributed by atoms with Gasteiger partial charge in [-0.25, -0.2) is 4.99 Å². The Morgan fingerprint density at radius 2 is 2.14 bits per heavy atom. The Balaban J connectivity index is 2.09. The second-order valence-electron chi connectivity index (χ2n) is 5.18. The monoisotopic (exact) mass is 309 g/mol. The molecular weight excluding hydrogens is 290 g/mol. The number of nitrogens with two attached hydrogens (primary N) is 1. The van der Waals surface area contributed by atoms with E-state index in [1.807, 2.05) is 49.5 Å². The fraction of sp³-hybridized carbons (Fsp3) is 0.222. The number of amidine groups is 1. The molecule has 1 aromatic rings. The lowest BCUT2D eigenvalue weighted by Gasteiger charge is -2.13. The highest BCUT2D eigenvalue weighted by molar-refractivity contribution is 7.81. The van der Waals surface area contributed by atoms with E-state index < -0.39 is 0 Å². The van der Waals surface area contributed by atoms with Crippen molar-refractivity contribution in [1.82, 2.24) is 4.90 Å². The third-order valence-corrected chi connectivity index (χ3v) is 3.66. The van der Waals surface area contributed by atoms with Crippen LogP contribution in [0.1, 0.15) is 12.0 Å². The van der Waals surface area contributed by atoms with E-state index >= 15 is 0 Å². The summed E-state index contributed by atoms with van der Waals surface area (Å²) in [5, 5.41) is 0. The van der Waals surface area contributed by atoms with Crippen LogP contribution >= 0.6 is 12.2 Å². The molecule has 22 heavy (non-hydrogen) atoms. The zero-order valence-electron chi connectivity index (χ0n) is 12.6. The third kappa shape index (κ3) is 4.39. The van der Waals surface area contributed by atoms with Crippen molar-refractivity contribution >= 4 is 28.6 Å². The van der Waals surface area contributed by atoms with Crippen LogP contribution in [0.2, 0.25) is 0 Å². The molecule has 1 aliphatic carbocycles. The van der Waals surface area contributed by atoms with E-state index in [0.717, 1.165) is 29.1 Å². The molecule has 0 saturated heterocycles. The molecule has 1 aromatic carbocycles. The molecule has 3 nitrogen and oxygen atoms in total. The van der Waals surface area contributed by atoms with Crippen molar-refractivity contribution in [2.24, 2.45) is 10.7 Å². The molecular formula is C18H19N3S. The Morgan fingerprint density at radius 3 is 2.77 bits per heavy atom. The number of nitrogens with zero attached hydrogens (tertiary/aromatic N) is 2. The van der Waals surface area contributed by atoms with Crippen molar-refractivity contribution in [2.75, 3.05) is 13.6 Å². The molecule has 2 N–H and O–H groups in total. The van der Waals surface area contributed by atoms with Gasteiger partial charge in [0, 0.05) is 23.4 Å². The van der Waals surface area contributed by atoms with Crippen molar-refractivity contribution in [3.63, 3.8) is 0 Å². The molecule has 4 heteroatoms. The minimum atomic E-state index is 0.464. The van der Waals surface area contributed by atoms with E-state index in [2.05, 4.69) is 15.8 Å². The number of allylic oxidation sites excluding steroid dienone is 3. The van der Waals surface area contributed by atoms with Gasteiger partial charge in [-0.1, -0.05) is 48.5 Å². The highest BCUT2D eigenvalue weighted by Gasteiger charge is 2.10. The second kappa shape index (κ2) is 7.69. The molecule has 0 unspecified atom stereocenters. The number of thiocarbonyl (C=S) groups is 1. The van der Waals surface area contributed by atoms with Crippen LogP contribution in [0, 0.1) is 12.3 Å². The molecule has 0 amide bonds. The lowest BCUT2D eigenvalue weighted by molar-refractivity contribution is 0.369. The van der Waals surface area contributed by atoms with Gasteiger partial charge in [-0.05, 0) is 24.7 Å². The predicted molar refractivity (Wildman–Crippen MR) is 97.3 cm³/mol. The molecule has 2 rings (SSSR count). The maximum absolute atomic E-state index is 6.06. The van der Waals surface area contributed by atoms with Crippen LogP contribution in [0.4, 0.5) is 5.69 Å². The maximum Gasteiger partial charge on any atom is 0.132 e. The molecule has 0 atom stereocenters. The number of hydrogen-bond acceptors (Lipinski definition) is 3. The number of aliphatic imine (C=N–C) groups is 1. The molecule has 0 heterocycles. The average Bonchev–Trinajstić information content (AvgIpc) is 2.50. The normalized spacial score (nSPS) is 14.9. The van der Waals surface area contributed by atoms with Gasteiger partial charge >= 0.3 is 0 Å². The number of rotatable bonds is 5. The Labute approximate surface area is 137 Å². The SMILES string of the molecule is C#CCN(C)Cc1ccc(N=C(N)C2=CC=CCC2=S)cc1. The van der Waals surface area contributed by atoms with Gasteiger partial charge in [0.15, 0.2) is 0 Å². The summed E-state index contributed by atoms with van der Waals surface area (Å²) in [6.07, 6.45) is 11.9. The van der Waals surface area contributed by atoms with Crippen LogP contribution in [0.25, 0.3) is 0 Å². The van der Waals surface area contributed by atoms with Crippen molar-refractivity contribution in [1.29, 1.82) is 0 Å². The third-order valence-electron chi connectivity index (χ3n) is 3.28. The van der Waals surface area contributed by atoms with Crippen molar-refractivity contribution in [2.45, 2.75) is 13.0 Å². The van der Waals surface area contributed by atoms with E-state index in [-0.39, 0.29) is 0 Å². The summed E-state index contributed by atoms with van der Waals surface area (Å²) in [6.45, 7) is 1.44. The van der Waals surface area contributed by atoms with E-state index in [9.17, 15) is 0 Å². The van der Waals surface area contributed by atoms with Crippen LogP contribution in [-0.4, -0.2) is 29.2 Å².